The standard InChI is InChI=1S/C25H29N5O2/c1-5-31-21-10-9-19(14-22(21)32-6-2)11-13-29-16-28-25-23(24(29)26)17(3)18(4)30(25)20-8-7-12-27-15-20/h7-10,12,14-16,26H,5-6,11,13H2,1-4H3. The summed E-state index contributed by atoms with van der Waals surface area (Å²) in [5, 5.41) is 9.74. The number of nitrogens with zero attached hydrogens (tertiary/aromatic N) is 4. The Labute approximate surface area is 187 Å². The topological polar surface area (TPSA) is 78.0 Å². The highest BCUT2D eigenvalue weighted by Gasteiger charge is 2.16. The van der Waals surface area contributed by atoms with Gasteiger partial charge in [-0.05, 0) is 69.5 Å². The second-order valence-corrected chi connectivity index (χ2v) is 7.64. The summed E-state index contributed by atoms with van der Waals surface area (Å²) in [6, 6.07) is 9.96. The van der Waals surface area contributed by atoms with Gasteiger partial charge in [0.25, 0.3) is 0 Å². The highest BCUT2D eigenvalue weighted by molar-refractivity contribution is 5.82. The quantitative estimate of drug-likeness (QED) is 0.450. The second-order valence-electron chi connectivity index (χ2n) is 7.64. The zero-order valence-corrected chi connectivity index (χ0v) is 19.1. The monoisotopic (exact) mass is 431 g/mol. The first-order valence-electron chi connectivity index (χ1n) is 11.0. The van der Waals surface area contributed by atoms with Crippen LogP contribution in [0.1, 0.15) is 30.7 Å². The lowest BCUT2D eigenvalue weighted by molar-refractivity contribution is 0.287. The van der Waals surface area contributed by atoms with Crippen LogP contribution < -0.4 is 15.0 Å². The molecule has 7 nitrogen and oxygen atoms in total. The molecule has 0 spiro atoms. The van der Waals surface area contributed by atoms with E-state index < -0.39 is 0 Å². The van der Waals surface area contributed by atoms with Crippen LogP contribution >= 0.6 is 0 Å². The molecule has 0 bridgehead atoms. The van der Waals surface area contributed by atoms with Gasteiger partial charge in [-0.15, -0.1) is 0 Å². The van der Waals surface area contributed by atoms with Gasteiger partial charge in [0, 0.05) is 18.4 Å². The van der Waals surface area contributed by atoms with Gasteiger partial charge in [-0.1, -0.05) is 6.07 Å². The molecule has 0 fully saturated rings. The van der Waals surface area contributed by atoms with Crippen LogP contribution in [0.4, 0.5) is 0 Å². The number of benzene rings is 1. The Hall–Kier alpha value is -3.61. The second kappa shape index (κ2) is 9.26. The van der Waals surface area contributed by atoms with Crippen molar-refractivity contribution in [2.75, 3.05) is 13.2 Å². The molecule has 3 heterocycles. The van der Waals surface area contributed by atoms with Crippen molar-refractivity contribution in [3.05, 3.63) is 71.4 Å². The van der Waals surface area contributed by atoms with Gasteiger partial charge in [0.1, 0.15) is 5.49 Å². The fourth-order valence-corrected chi connectivity index (χ4v) is 3.99. The van der Waals surface area contributed by atoms with E-state index in [1.54, 1.807) is 12.5 Å². The summed E-state index contributed by atoms with van der Waals surface area (Å²) in [5.41, 5.74) is 5.47. The third-order valence-corrected chi connectivity index (χ3v) is 5.69. The minimum Gasteiger partial charge on any atom is -0.490 e. The molecular formula is C25H29N5O2. The number of pyridine rings is 1. The number of aryl methyl sites for hydroxylation is 3. The molecule has 0 unspecified atom stereocenters. The Morgan fingerprint density at radius 1 is 1.03 bits per heavy atom. The highest BCUT2D eigenvalue weighted by atomic mass is 16.5. The summed E-state index contributed by atoms with van der Waals surface area (Å²) in [7, 11) is 0. The number of aromatic nitrogens is 4. The average molecular weight is 432 g/mol. The first-order valence-corrected chi connectivity index (χ1v) is 11.0. The molecule has 3 aromatic heterocycles. The van der Waals surface area contributed by atoms with Gasteiger partial charge in [0.15, 0.2) is 17.1 Å². The SMILES string of the molecule is CCOc1ccc(CCn2cnc3c(c(C)c(C)n3-c3cccnc3)c2=N)cc1OCC. The van der Waals surface area contributed by atoms with Crippen molar-refractivity contribution in [3.8, 4) is 17.2 Å². The van der Waals surface area contributed by atoms with E-state index in [9.17, 15) is 0 Å². The molecular weight excluding hydrogens is 402 g/mol. The van der Waals surface area contributed by atoms with Crippen LogP contribution in [-0.2, 0) is 13.0 Å². The first kappa shape index (κ1) is 21.6. The van der Waals surface area contributed by atoms with Crippen LogP contribution in [0.2, 0.25) is 0 Å². The normalized spacial score (nSPS) is 11.1. The summed E-state index contributed by atoms with van der Waals surface area (Å²) in [6.07, 6.45) is 6.10. The molecule has 0 radical (unpaired) electrons. The summed E-state index contributed by atoms with van der Waals surface area (Å²) in [6.45, 7) is 9.87. The van der Waals surface area contributed by atoms with Crippen molar-refractivity contribution in [3.63, 3.8) is 0 Å². The third-order valence-electron chi connectivity index (χ3n) is 5.69. The summed E-state index contributed by atoms with van der Waals surface area (Å²) < 4.78 is 15.4. The first-order chi connectivity index (χ1) is 15.5. The number of ether oxygens (including phenoxy) is 2. The zero-order chi connectivity index (χ0) is 22.7. The minimum absolute atomic E-state index is 0.467. The number of hydrogen-bond donors (Lipinski definition) is 1. The summed E-state index contributed by atoms with van der Waals surface area (Å²) in [4.78, 5) is 8.97. The van der Waals surface area contributed by atoms with Crippen LogP contribution in [-0.4, -0.2) is 32.3 Å². The van der Waals surface area contributed by atoms with Crippen molar-refractivity contribution < 1.29 is 9.47 Å². The fourth-order valence-electron chi connectivity index (χ4n) is 3.99. The summed E-state index contributed by atoms with van der Waals surface area (Å²) >= 11 is 0. The largest absolute Gasteiger partial charge is 0.490 e. The van der Waals surface area contributed by atoms with Crippen LogP contribution in [0.15, 0.2) is 49.1 Å². The molecule has 4 aromatic rings. The Balaban J connectivity index is 1.65. The van der Waals surface area contributed by atoms with E-state index in [2.05, 4.69) is 29.5 Å². The van der Waals surface area contributed by atoms with Gasteiger partial charge in [-0.3, -0.25) is 15.0 Å². The molecule has 0 aliphatic carbocycles. The van der Waals surface area contributed by atoms with Crippen LogP contribution in [0.25, 0.3) is 16.7 Å². The zero-order valence-electron chi connectivity index (χ0n) is 19.1. The van der Waals surface area contributed by atoms with Crippen molar-refractivity contribution in [1.29, 1.82) is 5.41 Å². The van der Waals surface area contributed by atoms with E-state index in [0.717, 1.165) is 51.5 Å². The number of fused-ring (bicyclic) bond motifs is 1. The molecule has 7 heteroatoms. The molecule has 1 N–H and O–H groups in total. The predicted molar refractivity (Wildman–Crippen MR) is 125 cm³/mol. The van der Waals surface area contributed by atoms with E-state index in [1.807, 2.05) is 48.9 Å². The van der Waals surface area contributed by atoms with E-state index >= 15 is 0 Å². The van der Waals surface area contributed by atoms with E-state index in [-0.39, 0.29) is 0 Å². The summed E-state index contributed by atoms with van der Waals surface area (Å²) in [5.74, 6) is 1.52. The molecule has 0 saturated carbocycles. The molecule has 0 atom stereocenters. The Morgan fingerprint density at radius 3 is 2.53 bits per heavy atom. The van der Waals surface area contributed by atoms with Crippen molar-refractivity contribution >= 4 is 11.0 Å². The molecule has 1 aromatic carbocycles. The lowest BCUT2D eigenvalue weighted by atomic mass is 10.1. The molecule has 32 heavy (non-hydrogen) atoms. The molecule has 0 amide bonds. The Morgan fingerprint density at radius 2 is 1.81 bits per heavy atom. The van der Waals surface area contributed by atoms with E-state index in [0.29, 0.717) is 25.2 Å². The molecule has 0 saturated heterocycles. The maximum Gasteiger partial charge on any atom is 0.161 e. The lowest BCUT2D eigenvalue weighted by Crippen LogP contribution is -2.22. The lowest BCUT2D eigenvalue weighted by Gasteiger charge is -2.13. The molecule has 166 valence electrons. The van der Waals surface area contributed by atoms with E-state index in [4.69, 9.17) is 19.9 Å². The Bertz CT molecular complexity index is 1290. The van der Waals surface area contributed by atoms with Crippen LogP contribution in [0, 0.1) is 19.3 Å². The van der Waals surface area contributed by atoms with Gasteiger partial charge in [0.05, 0.1) is 36.8 Å². The number of nitrogens with one attached hydrogen (secondary N) is 1. The molecule has 0 aliphatic heterocycles. The van der Waals surface area contributed by atoms with Gasteiger partial charge >= 0.3 is 0 Å². The number of hydrogen-bond acceptors (Lipinski definition) is 5. The van der Waals surface area contributed by atoms with Gasteiger partial charge in [0.2, 0.25) is 0 Å². The van der Waals surface area contributed by atoms with E-state index in [1.165, 1.54) is 0 Å². The Kier molecular flexibility index (Phi) is 6.25. The van der Waals surface area contributed by atoms with Crippen molar-refractivity contribution in [2.45, 2.75) is 40.7 Å². The molecule has 4 rings (SSSR count). The predicted octanol–water partition coefficient (Wildman–Crippen LogP) is 4.36. The fraction of sp³-hybridized carbons (Fsp3) is 0.320. The maximum atomic E-state index is 8.87. The maximum absolute atomic E-state index is 8.87. The highest BCUT2D eigenvalue weighted by Crippen LogP contribution is 2.29. The van der Waals surface area contributed by atoms with Gasteiger partial charge in [-0.2, -0.15) is 0 Å². The van der Waals surface area contributed by atoms with Gasteiger partial charge in [-0.25, -0.2) is 4.98 Å². The van der Waals surface area contributed by atoms with Crippen LogP contribution in [0.3, 0.4) is 0 Å². The van der Waals surface area contributed by atoms with Crippen molar-refractivity contribution in [1.82, 2.24) is 19.1 Å². The third kappa shape index (κ3) is 3.98. The smallest absolute Gasteiger partial charge is 0.161 e. The minimum atomic E-state index is 0.467. The number of rotatable bonds is 8. The average Bonchev–Trinajstić information content (AvgIpc) is 3.06. The van der Waals surface area contributed by atoms with Crippen molar-refractivity contribution in [2.24, 2.45) is 0 Å². The van der Waals surface area contributed by atoms with Crippen LogP contribution in [0.5, 0.6) is 11.5 Å². The molecule has 0 aliphatic rings. The van der Waals surface area contributed by atoms with Gasteiger partial charge < -0.3 is 14.0 Å².